The highest BCUT2D eigenvalue weighted by Crippen LogP contribution is 2.00. The number of ether oxygens (including phenoxy) is 1. The molecule has 17 heavy (non-hydrogen) atoms. The van der Waals surface area contributed by atoms with Crippen molar-refractivity contribution in [3.8, 4) is 0 Å². The molecule has 0 radical (unpaired) electrons. The lowest BCUT2D eigenvalue weighted by molar-refractivity contribution is -0.141. The number of hydrogen-bond donors (Lipinski definition) is 0. The Hall–Kier alpha value is -1.05. The first-order valence-corrected chi connectivity index (χ1v) is 6.70. The molecule has 0 spiro atoms. The number of hydrogen-bond acceptors (Lipinski definition) is 2. The minimum atomic E-state index is -0.181. The van der Waals surface area contributed by atoms with Crippen LogP contribution in [0.1, 0.15) is 58.8 Å². The van der Waals surface area contributed by atoms with Crippen molar-refractivity contribution in [2.24, 2.45) is 0 Å². The van der Waals surface area contributed by atoms with E-state index in [1.54, 1.807) is 0 Å². The fourth-order valence-electron chi connectivity index (χ4n) is 1.41. The van der Waals surface area contributed by atoms with Crippen molar-refractivity contribution in [2.75, 3.05) is 6.61 Å². The largest absolute Gasteiger partial charge is 0.466 e. The van der Waals surface area contributed by atoms with Crippen molar-refractivity contribution in [1.29, 1.82) is 0 Å². The van der Waals surface area contributed by atoms with E-state index in [1.165, 1.54) is 19.8 Å². The summed E-state index contributed by atoms with van der Waals surface area (Å²) in [4.78, 5) is 10.5. The van der Waals surface area contributed by atoms with E-state index in [9.17, 15) is 4.79 Å². The first-order valence-electron chi connectivity index (χ1n) is 6.70. The minimum absolute atomic E-state index is 0.181. The molecule has 0 aromatic carbocycles. The summed E-state index contributed by atoms with van der Waals surface area (Å²) in [6, 6.07) is 0. The zero-order chi connectivity index (χ0) is 12.8. The molecule has 0 saturated heterocycles. The molecule has 2 heteroatoms. The van der Waals surface area contributed by atoms with Gasteiger partial charge in [0.2, 0.25) is 0 Å². The van der Waals surface area contributed by atoms with Crippen LogP contribution < -0.4 is 0 Å². The molecule has 0 aromatic rings. The van der Waals surface area contributed by atoms with Gasteiger partial charge in [0.05, 0.1) is 6.61 Å². The summed E-state index contributed by atoms with van der Waals surface area (Å²) in [5.74, 6) is -0.181. The Morgan fingerprint density at radius 2 is 1.53 bits per heavy atom. The number of carbonyl (C=O) groups is 1. The standard InChI is InChI=1S/C15H26O2/c1-3-4-5-6-7-8-9-10-11-12-13-14-17-15(2)16/h5-6,9-10H,3-4,7-8,11-14H2,1-2H3/b6-5-,10-9+. The molecule has 0 N–H and O–H groups in total. The summed E-state index contributed by atoms with van der Waals surface area (Å²) < 4.78 is 4.85. The molecule has 0 aliphatic carbocycles. The van der Waals surface area contributed by atoms with E-state index in [0.717, 1.165) is 32.1 Å². The molecular weight excluding hydrogens is 212 g/mol. The van der Waals surface area contributed by atoms with Crippen LogP contribution in [0, 0.1) is 0 Å². The predicted octanol–water partition coefficient (Wildman–Crippen LogP) is 4.41. The first-order chi connectivity index (χ1) is 8.27. The Bertz CT molecular complexity index is 229. The molecule has 0 atom stereocenters. The number of unbranched alkanes of at least 4 members (excludes halogenated alkanes) is 4. The van der Waals surface area contributed by atoms with Gasteiger partial charge in [-0.2, -0.15) is 0 Å². The van der Waals surface area contributed by atoms with Crippen LogP contribution in [-0.4, -0.2) is 12.6 Å². The quantitative estimate of drug-likeness (QED) is 0.320. The van der Waals surface area contributed by atoms with E-state index < -0.39 is 0 Å². The Morgan fingerprint density at radius 3 is 2.12 bits per heavy atom. The average molecular weight is 238 g/mol. The van der Waals surface area contributed by atoms with Gasteiger partial charge in [0.1, 0.15) is 0 Å². The predicted molar refractivity (Wildman–Crippen MR) is 72.9 cm³/mol. The lowest BCUT2D eigenvalue weighted by Gasteiger charge is -1.99. The maximum Gasteiger partial charge on any atom is 0.302 e. The van der Waals surface area contributed by atoms with Gasteiger partial charge in [0, 0.05) is 6.92 Å². The van der Waals surface area contributed by atoms with Gasteiger partial charge in [0.25, 0.3) is 0 Å². The average Bonchev–Trinajstić information content (AvgIpc) is 2.30. The fourth-order valence-corrected chi connectivity index (χ4v) is 1.41. The summed E-state index contributed by atoms with van der Waals surface area (Å²) in [6.07, 6.45) is 16.8. The topological polar surface area (TPSA) is 26.3 Å². The van der Waals surface area contributed by atoms with Crippen LogP contribution in [0.25, 0.3) is 0 Å². The third kappa shape index (κ3) is 14.9. The van der Waals surface area contributed by atoms with Crippen LogP contribution in [0.15, 0.2) is 24.3 Å². The highest BCUT2D eigenvalue weighted by Gasteiger charge is 1.91. The van der Waals surface area contributed by atoms with E-state index in [1.807, 2.05) is 0 Å². The second-order valence-corrected chi connectivity index (χ2v) is 4.14. The molecular formula is C15H26O2. The second-order valence-electron chi connectivity index (χ2n) is 4.14. The summed E-state index contributed by atoms with van der Waals surface area (Å²) in [5.41, 5.74) is 0. The number of allylic oxidation sites excluding steroid dienone is 4. The first kappa shape index (κ1) is 16.0. The molecule has 2 nitrogen and oxygen atoms in total. The third-order valence-electron chi connectivity index (χ3n) is 2.36. The summed E-state index contributed by atoms with van der Waals surface area (Å²) in [7, 11) is 0. The molecule has 0 heterocycles. The third-order valence-corrected chi connectivity index (χ3v) is 2.36. The Morgan fingerprint density at radius 1 is 0.941 bits per heavy atom. The number of esters is 1. The van der Waals surface area contributed by atoms with Gasteiger partial charge in [-0.25, -0.2) is 0 Å². The molecule has 0 rings (SSSR count). The minimum Gasteiger partial charge on any atom is -0.466 e. The lowest BCUT2D eigenvalue weighted by Crippen LogP contribution is -1.99. The maximum atomic E-state index is 10.5. The van der Waals surface area contributed by atoms with E-state index in [-0.39, 0.29) is 5.97 Å². The maximum absolute atomic E-state index is 10.5. The zero-order valence-electron chi connectivity index (χ0n) is 11.3. The molecule has 0 aliphatic heterocycles. The van der Waals surface area contributed by atoms with E-state index in [0.29, 0.717) is 6.61 Å². The van der Waals surface area contributed by atoms with Crippen molar-refractivity contribution in [2.45, 2.75) is 58.8 Å². The Labute approximate surface area is 106 Å². The van der Waals surface area contributed by atoms with Crippen LogP contribution >= 0.6 is 0 Å². The van der Waals surface area contributed by atoms with Crippen molar-refractivity contribution in [3.63, 3.8) is 0 Å². The van der Waals surface area contributed by atoms with Gasteiger partial charge in [-0.15, -0.1) is 0 Å². The summed E-state index contributed by atoms with van der Waals surface area (Å²) in [5, 5.41) is 0. The molecule has 0 bridgehead atoms. The van der Waals surface area contributed by atoms with Crippen molar-refractivity contribution >= 4 is 5.97 Å². The Kier molecular flexibility index (Phi) is 12.2. The van der Waals surface area contributed by atoms with Gasteiger partial charge in [-0.05, 0) is 38.5 Å². The Balaban J connectivity index is 3.17. The molecule has 0 saturated carbocycles. The highest BCUT2D eigenvalue weighted by molar-refractivity contribution is 5.65. The zero-order valence-corrected chi connectivity index (χ0v) is 11.3. The number of rotatable bonds is 10. The van der Waals surface area contributed by atoms with Crippen LogP contribution in [0.2, 0.25) is 0 Å². The molecule has 0 unspecified atom stereocenters. The SMILES string of the molecule is CCC/C=C\CC/C=C/CCCCOC(C)=O. The van der Waals surface area contributed by atoms with E-state index in [2.05, 4.69) is 31.2 Å². The van der Waals surface area contributed by atoms with Gasteiger partial charge in [-0.3, -0.25) is 4.79 Å². The van der Waals surface area contributed by atoms with Crippen LogP contribution in [0.3, 0.4) is 0 Å². The smallest absolute Gasteiger partial charge is 0.302 e. The van der Waals surface area contributed by atoms with Gasteiger partial charge < -0.3 is 4.74 Å². The van der Waals surface area contributed by atoms with Gasteiger partial charge >= 0.3 is 5.97 Å². The van der Waals surface area contributed by atoms with Crippen LogP contribution in [-0.2, 0) is 9.53 Å². The molecule has 0 aliphatic rings. The molecule has 0 aromatic heterocycles. The molecule has 0 fully saturated rings. The van der Waals surface area contributed by atoms with Crippen LogP contribution in [0.5, 0.6) is 0 Å². The van der Waals surface area contributed by atoms with Gasteiger partial charge in [0.15, 0.2) is 0 Å². The van der Waals surface area contributed by atoms with E-state index in [4.69, 9.17) is 4.74 Å². The summed E-state index contributed by atoms with van der Waals surface area (Å²) >= 11 is 0. The van der Waals surface area contributed by atoms with Crippen LogP contribution in [0.4, 0.5) is 0 Å². The van der Waals surface area contributed by atoms with Crippen molar-refractivity contribution < 1.29 is 9.53 Å². The second kappa shape index (κ2) is 13.0. The highest BCUT2D eigenvalue weighted by atomic mass is 16.5. The normalized spacial score (nSPS) is 11.4. The van der Waals surface area contributed by atoms with Gasteiger partial charge in [-0.1, -0.05) is 37.6 Å². The van der Waals surface area contributed by atoms with Crippen molar-refractivity contribution in [3.05, 3.63) is 24.3 Å². The molecule has 98 valence electrons. The fraction of sp³-hybridized carbons (Fsp3) is 0.667. The van der Waals surface area contributed by atoms with Crippen molar-refractivity contribution in [1.82, 2.24) is 0 Å². The van der Waals surface area contributed by atoms with E-state index >= 15 is 0 Å². The molecule has 0 amide bonds. The number of carbonyl (C=O) groups excluding carboxylic acids is 1. The summed E-state index contributed by atoms with van der Waals surface area (Å²) in [6.45, 7) is 4.20. The lowest BCUT2D eigenvalue weighted by atomic mass is 10.2. The monoisotopic (exact) mass is 238 g/mol.